The first kappa shape index (κ1) is 26.1. The van der Waals surface area contributed by atoms with Crippen LogP contribution in [0, 0.1) is 0 Å². The van der Waals surface area contributed by atoms with E-state index in [1.54, 1.807) is 31.2 Å². The lowest BCUT2D eigenvalue weighted by Gasteiger charge is -2.35. The molecule has 1 N–H and O–H groups in total. The number of carbonyl (C=O) groups is 1. The van der Waals surface area contributed by atoms with Gasteiger partial charge < -0.3 is 19.7 Å². The SMILES string of the molecule is CCOC(=O)c1cc(-c2ccccc2)sc1NC(=S)N1CCN(S(=O)(=O)c2ccc(OC)cc2)CC1. The molecular formula is C25H27N3O5S3. The molecule has 0 spiro atoms. The van der Waals surface area contributed by atoms with E-state index >= 15 is 0 Å². The molecule has 3 aromatic rings. The Bertz CT molecular complexity index is 1320. The molecule has 190 valence electrons. The van der Waals surface area contributed by atoms with Crippen molar-refractivity contribution in [1.29, 1.82) is 0 Å². The zero-order valence-corrected chi connectivity index (χ0v) is 22.4. The molecule has 0 unspecified atom stereocenters. The number of hydrogen-bond donors (Lipinski definition) is 1. The number of anilines is 1. The molecule has 1 aliphatic rings. The van der Waals surface area contributed by atoms with Crippen molar-refractivity contribution in [2.75, 3.05) is 45.2 Å². The van der Waals surface area contributed by atoms with Crippen LogP contribution in [0.5, 0.6) is 5.75 Å². The fourth-order valence-corrected chi connectivity index (χ4v) is 6.62. The number of ether oxygens (including phenoxy) is 2. The van der Waals surface area contributed by atoms with Gasteiger partial charge in [-0.1, -0.05) is 30.3 Å². The van der Waals surface area contributed by atoms with Gasteiger partial charge in [0.2, 0.25) is 10.0 Å². The number of thiocarbonyl (C=S) groups is 1. The van der Waals surface area contributed by atoms with Crippen molar-refractivity contribution in [2.24, 2.45) is 0 Å². The molecule has 1 saturated heterocycles. The van der Waals surface area contributed by atoms with E-state index in [4.69, 9.17) is 21.7 Å². The minimum absolute atomic E-state index is 0.226. The van der Waals surface area contributed by atoms with Crippen molar-refractivity contribution >= 4 is 49.7 Å². The highest BCUT2D eigenvalue weighted by atomic mass is 32.2. The first-order valence-electron chi connectivity index (χ1n) is 11.4. The molecule has 36 heavy (non-hydrogen) atoms. The fourth-order valence-electron chi connectivity index (χ4n) is 3.79. The van der Waals surface area contributed by atoms with Crippen LogP contribution in [-0.2, 0) is 14.8 Å². The van der Waals surface area contributed by atoms with Crippen LogP contribution in [0.15, 0.2) is 65.6 Å². The molecule has 1 aromatic heterocycles. The third kappa shape index (κ3) is 5.70. The molecule has 0 bridgehead atoms. The Hall–Kier alpha value is -2.99. The number of sulfonamides is 1. The zero-order chi connectivity index (χ0) is 25.7. The van der Waals surface area contributed by atoms with Crippen molar-refractivity contribution in [3.63, 3.8) is 0 Å². The van der Waals surface area contributed by atoms with Crippen molar-refractivity contribution in [2.45, 2.75) is 11.8 Å². The number of nitrogens with zero attached hydrogens (tertiary/aromatic N) is 2. The summed E-state index contributed by atoms with van der Waals surface area (Å²) >= 11 is 7.05. The maximum absolute atomic E-state index is 13.0. The monoisotopic (exact) mass is 545 g/mol. The molecule has 2 aromatic carbocycles. The molecule has 1 fully saturated rings. The Balaban J connectivity index is 1.45. The summed E-state index contributed by atoms with van der Waals surface area (Å²) in [6, 6.07) is 17.9. The summed E-state index contributed by atoms with van der Waals surface area (Å²) in [5.74, 6) is 0.179. The van der Waals surface area contributed by atoms with Crippen molar-refractivity contribution in [3.8, 4) is 16.2 Å². The molecule has 4 rings (SSSR count). The number of nitrogens with one attached hydrogen (secondary N) is 1. The normalized spacial score (nSPS) is 14.3. The van der Waals surface area contributed by atoms with Gasteiger partial charge in [0.25, 0.3) is 0 Å². The third-order valence-corrected chi connectivity index (χ3v) is 9.10. The Morgan fingerprint density at radius 2 is 1.72 bits per heavy atom. The van der Waals surface area contributed by atoms with Gasteiger partial charge in [-0.2, -0.15) is 4.31 Å². The second-order valence-corrected chi connectivity index (χ2v) is 11.3. The molecule has 11 heteroatoms. The van der Waals surface area contributed by atoms with Gasteiger partial charge in [0.15, 0.2) is 5.11 Å². The fraction of sp³-hybridized carbons (Fsp3) is 0.280. The molecule has 0 saturated carbocycles. The quantitative estimate of drug-likeness (QED) is 0.347. The lowest BCUT2D eigenvalue weighted by atomic mass is 10.1. The minimum atomic E-state index is -3.62. The van der Waals surface area contributed by atoms with E-state index in [0.29, 0.717) is 47.6 Å². The Kier molecular flexibility index (Phi) is 8.24. The molecule has 0 radical (unpaired) electrons. The van der Waals surface area contributed by atoms with E-state index in [-0.39, 0.29) is 11.5 Å². The maximum atomic E-state index is 13.0. The van der Waals surface area contributed by atoms with Crippen LogP contribution < -0.4 is 10.1 Å². The topological polar surface area (TPSA) is 88.2 Å². The van der Waals surface area contributed by atoms with Gasteiger partial charge in [-0.15, -0.1) is 11.3 Å². The zero-order valence-electron chi connectivity index (χ0n) is 20.0. The second kappa shape index (κ2) is 11.4. The summed E-state index contributed by atoms with van der Waals surface area (Å²) in [4.78, 5) is 15.7. The van der Waals surface area contributed by atoms with Gasteiger partial charge in [0, 0.05) is 31.1 Å². The van der Waals surface area contributed by atoms with Crippen LogP contribution in [0.25, 0.3) is 10.4 Å². The number of benzene rings is 2. The maximum Gasteiger partial charge on any atom is 0.341 e. The Labute approximate surface area is 220 Å². The average Bonchev–Trinajstić information content (AvgIpc) is 3.33. The lowest BCUT2D eigenvalue weighted by molar-refractivity contribution is 0.0528. The van der Waals surface area contributed by atoms with Crippen LogP contribution in [0.3, 0.4) is 0 Å². The average molecular weight is 546 g/mol. The van der Waals surface area contributed by atoms with Crippen LogP contribution in [0.1, 0.15) is 17.3 Å². The predicted octanol–water partition coefficient (Wildman–Crippen LogP) is 4.30. The Morgan fingerprint density at radius 1 is 1.06 bits per heavy atom. The number of hydrogen-bond acceptors (Lipinski definition) is 7. The highest BCUT2D eigenvalue weighted by Crippen LogP contribution is 2.36. The molecule has 1 aliphatic heterocycles. The van der Waals surface area contributed by atoms with Gasteiger partial charge in [-0.25, -0.2) is 13.2 Å². The highest BCUT2D eigenvalue weighted by molar-refractivity contribution is 7.89. The van der Waals surface area contributed by atoms with Crippen molar-refractivity contribution < 1.29 is 22.7 Å². The number of piperazine rings is 1. The van der Waals surface area contributed by atoms with Crippen molar-refractivity contribution in [1.82, 2.24) is 9.21 Å². The van der Waals surface area contributed by atoms with Gasteiger partial charge in [0.05, 0.1) is 24.2 Å². The number of rotatable bonds is 7. The summed E-state index contributed by atoms with van der Waals surface area (Å²) in [7, 11) is -2.08. The molecule has 8 nitrogen and oxygen atoms in total. The molecular weight excluding hydrogens is 518 g/mol. The highest BCUT2D eigenvalue weighted by Gasteiger charge is 2.30. The van der Waals surface area contributed by atoms with Crippen LogP contribution in [0.4, 0.5) is 5.00 Å². The van der Waals surface area contributed by atoms with Crippen molar-refractivity contribution in [3.05, 3.63) is 66.2 Å². The number of esters is 1. The van der Waals surface area contributed by atoms with E-state index in [9.17, 15) is 13.2 Å². The number of carbonyl (C=O) groups excluding carboxylic acids is 1. The van der Waals surface area contributed by atoms with Crippen LogP contribution >= 0.6 is 23.6 Å². The molecule has 0 amide bonds. The minimum Gasteiger partial charge on any atom is -0.497 e. The molecule has 0 aliphatic carbocycles. The summed E-state index contributed by atoms with van der Waals surface area (Å²) in [6.07, 6.45) is 0. The van der Waals surface area contributed by atoms with Gasteiger partial charge >= 0.3 is 5.97 Å². The van der Waals surface area contributed by atoms with E-state index < -0.39 is 16.0 Å². The summed E-state index contributed by atoms with van der Waals surface area (Å²) in [5.41, 5.74) is 1.41. The van der Waals surface area contributed by atoms with E-state index in [1.165, 1.54) is 22.8 Å². The predicted molar refractivity (Wildman–Crippen MR) is 145 cm³/mol. The summed E-state index contributed by atoms with van der Waals surface area (Å²) < 4.78 is 37.9. The molecule has 0 atom stereocenters. The van der Waals surface area contributed by atoms with E-state index in [0.717, 1.165) is 10.4 Å². The van der Waals surface area contributed by atoms with E-state index in [2.05, 4.69) is 5.32 Å². The first-order chi connectivity index (χ1) is 17.3. The van der Waals surface area contributed by atoms with Crippen LogP contribution in [0.2, 0.25) is 0 Å². The third-order valence-electron chi connectivity index (χ3n) is 5.73. The van der Waals surface area contributed by atoms with Gasteiger partial charge in [-0.3, -0.25) is 0 Å². The standard InChI is InChI=1S/C25H27N3O5S3/c1-3-33-24(29)21-17-22(18-7-5-4-6-8-18)35-23(21)26-25(34)27-13-15-28(16-14-27)36(30,31)20-11-9-19(32-2)10-12-20/h4-12,17H,3,13-16H2,1-2H3,(H,26,34). The smallest absolute Gasteiger partial charge is 0.341 e. The summed E-state index contributed by atoms with van der Waals surface area (Å²) in [5, 5.41) is 4.24. The summed E-state index contributed by atoms with van der Waals surface area (Å²) in [6.45, 7) is 3.46. The van der Waals surface area contributed by atoms with Crippen LogP contribution in [-0.4, -0.2) is 68.6 Å². The van der Waals surface area contributed by atoms with E-state index in [1.807, 2.05) is 41.3 Å². The van der Waals surface area contributed by atoms with Gasteiger partial charge in [0.1, 0.15) is 10.8 Å². The molecule has 2 heterocycles. The second-order valence-electron chi connectivity index (χ2n) is 7.94. The number of thiophene rings is 1. The lowest BCUT2D eigenvalue weighted by Crippen LogP contribution is -2.51. The van der Waals surface area contributed by atoms with Gasteiger partial charge in [-0.05, 0) is 55.0 Å². The largest absolute Gasteiger partial charge is 0.497 e. The first-order valence-corrected chi connectivity index (χ1v) is 14.1. The number of methoxy groups -OCH3 is 1. The Morgan fingerprint density at radius 3 is 2.33 bits per heavy atom.